The van der Waals surface area contributed by atoms with E-state index >= 15 is 0 Å². The van der Waals surface area contributed by atoms with E-state index in [0.717, 1.165) is 9.71 Å². The number of fused-ring (bicyclic) bond motifs is 1. The number of aromatic amines is 1. The summed E-state index contributed by atoms with van der Waals surface area (Å²) in [6.45, 7) is 0.552. The fourth-order valence-electron chi connectivity index (χ4n) is 3.40. The fourth-order valence-corrected chi connectivity index (χ4v) is 6.90. The van der Waals surface area contributed by atoms with E-state index in [1.165, 1.54) is 23.5 Å². The predicted molar refractivity (Wildman–Crippen MR) is 126 cm³/mol. The summed E-state index contributed by atoms with van der Waals surface area (Å²) in [7, 11) is -8.84. The molecule has 8 N–H and O–H groups in total. The van der Waals surface area contributed by atoms with Gasteiger partial charge in [-0.3, -0.25) is 0 Å². The molecule has 34 heavy (non-hydrogen) atoms. The third-order valence-corrected chi connectivity index (χ3v) is 8.54. The van der Waals surface area contributed by atoms with Crippen LogP contribution in [-0.2, 0) is 26.6 Å². The number of nitrogens with zero attached hydrogens (tertiary/aromatic N) is 4. The van der Waals surface area contributed by atoms with E-state index in [1.807, 2.05) is 6.07 Å². The van der Waals surface area contributed by atoms with Crippen molar-refractivity contribution in [2.75, 3.05) is 13.1 Å². The van der Waals surface area contributed by atoms with Crippen LogP contribution in [0.5, 0.6) is 0 Å². The zero-order valence-electron chi connectivity index (χ0n) is 17.6. The Balaban J connectivity index is 2.01. The number of benzene rings is 2. The number of H-pyrrole nitrogens is 1. The molecule has 0 unspecified atom stereocenters. The average molecular weight is 524 g/mol. The Kier molecular flexibility index (Phi) is 6.72. The third kappa shape index (κ3) is 4.69. The molecule has 2 aromatic carbocycles. The standard InChI is InChI=1S/C18H21N9O4S3/c19-6-1-7-22-34(30,31)14-5-3-11(10-2-4-13-12(8-10)23-15(9-20)32-13)16(17(14)33(21,28)29)18-24-26-27-25-18/h2-5,8,22H,1,6-7,9,19-20H2,(H2,21,28,29)(H,24,25,26,27). The number of hydrogen-bond acceptors (Lipinski definition) is 11. The first-order chi connectivity index (χ1) is 16.2. The van der Waals surface area contributed by atoms with E-state index < -0.39 is 29.8 Å². The van der Waals surface area contributed by atoms with Gasteiger partial charge >= 0.3 is 0 Å². The molecule has 0 bridgehead atoms. The topological polar surface area (TPSA) is 226 Å². The van der Waals surface area contributed by atoms with Gasteiger partial charge in [0, 0.05) is 13.1 Å². The van der Waals surface area contributed by atoms with Gasteiger partial charge in [-0.25, -0.2) is 31.7 Å². The number of sulfonamides is 2. The maximum absolute atomic E-state index is 13.0. The molecule has 0 radical (unpaired) electrons. The van der Waals surface area contributed by atoms with Crippen LogP contribution in [0.15, 0.2) is 40.1 Å². The van der Waals surface area contributed by atoms with Crippen molar-refractivity contribution < 1.29 is 16.8 Å². The van der Waals surface area contributed by atoms with Crippen molar-refractivity contribution >= 4 is 41.6 Å². The van der Waals surface area contributed by atoms with Crippen molar-refractivity contribution in [3.63, 3.8) is 0 Å². The molecule has 0 spiro atoms. The van der Waals surface area contributed by atoms with E-state index in [0.29, 0.717) is 23.1 Å². The Morgan fingerprint density at radius 3 is 2.53 bits per heavy atom. The van der Waals surface area contributed by atoms with Crippen molar-refractivity contribution in [2.45, 2.75) is 22.8 Å². The second-order valence-corrected chi connectivity index (χ2v) is 11.5. The summed E-state index contributed by atoms with van der Waals surface area (Å²) in [6, 6.07) is 7.96. The minimum absolute atomic E-state index is 0.0200. The van der Waals surface area contributed by atoms with Crippen molar-refractivity contribution in [1.29, 1.82) is 0 Å². The highest BCUT2D eigenvalue weighted by Crippen LogP contribution is 2.39. The number of thiazole rings is 1. The highest BCUT2D eigenvalue weighted by Gasteiger charge is 2.32. The van der Waals surface area contributed by atoms with Gasteiger partial charge in [0.25, 0.3) is 0 Å². The van der Waals surface area contributed by atoms with E-state index in [9.17, 15) is 16.8 Å². The van der Waals surface area contributed by atoms with E-state index in [2.05, 4.69) is 30.3 Å². The largest absolute Gasteiger partial charge is 0.330 e. The molecule has 13 nitrogen and oxygen atoms in total. The van der Waals surface area contributed by atoms with Gasteiger partial charge in [-0.05, 0) is 47.5 Å². The summed E-state index contributed by atoms with van der Waals surface area (Å²) >= 11 is 1.44. The molecule has 0 fully saturated rings. The van der Waals surface area contributed by atoms with Gasteiger partial charge in [-0.2, -0.15) is 5.21 Å². The monoisotopic (exact) mass is 523 g/mol. The molecule has 0 aliphatic heterocycles. The molecule has 16 heteroatoms. The molecule has 0 atom stereocenters. The van der Waals surface area contributed by atoms with Crippen LogP contribution in [0.1, 0.15) is 11.4 Å². The number of rotatable bonds is 9. The highest BCUT2D eigenvalue weighted by molar-refractivity contribution is 7.92. The lowest BCUT2D eigenvalue weighted by molar-refractivity contribution is 0.572. The first kappa shape index (κ1) is 24.3. The molecule has 4 rings (SSSR count). The Bertz CT molecular complexity index is 1550. The lowest BCUT2D eigenvalue weighted by atomic mass is 9.99. The molecule has 4 aromatic rings. The number of nitrogens with one attached hydrogen (secondary N) is 2. The Hall–Kier alpha value is -2.86. The lowest BCUT2D eigenvalue weighted by Crippen LogP contribution is -2.29. The summed E-state index contributed by atoms with van der Waals surface area (Å²) in [5, 5.41) is 19.8. The van der Waals surface area contributed by atoms with Crippen molar-refractivity contribution in [3.05, 3.63) is 35.3 Å². The van der Waals surface area contributed by atoms with Gasteiger partial charge in [-0.15, -0.1) is 21.5 Å². The summed E-state index contributed by atoms with van der Waals surface area (Å²) in [4.78, 5) is 3.29. The molecule has 0 amide bonds. The molecule has 0 saturated heterocycles. The first-order valence-corrected chi connectivity index (χ1v) is 13.7. The van der Waals surface area contributed by atoms with Gasteiger partial charge in [0.05, 0.1) is 15.8 Å². The summed E-state index contributed by atoms with van der Waals surface area (Å²) in [6.07, 6.45) is 0.359. The molecule has 0 aliphatic rings. The molecule has 0 saturated carbocycles. The minimum Gasteiger partial charge on any atom is -0.330 e. The number of hydrogen-bond donors (Lipinski definition) is 5. The Morgan fingerprint density at radius 2 is 1.88 bits per heavy atom. The van der Waals surface area contributed by atoms with Gasteiger partial charge in [0.2, 0.25) is 25.9 Å². The summed E-state index contributed by atoms with van der Waals surface area (Å²) < 4.78 is 54.7. The third-order valence-electron chi connectivity index (χ3n) is 4.86. The van der Waals surface area contributed by atoms with Crippen molar-refractivity contribution in [1.82, 2.24) is 30.3 Å². The van der Waals surface area contributed by atoms with Crippen LogP contribution in [0.3, 0.4) is 0 Å². The van der Waals surface area contributed by atoms with Crippen LogP contribution in [0.4, 0.5) is 0 Å². The number of primary sulfonamides is 1. The smallest absolute Gasteiger partial charge is 0.241 e. The number of tetrazole rings is 1. The first-order valence-electron chi connectivity index (χ1n) is 9.89. The second kappa shape index (κ2) is 9.41. The number of aromatic nitrogens is 5. The highest BCUT2D eigenvalue weighted by atomic mass is 32.2. The van der Waals surface area contributed by atoms with Crippen LogP contribution >= 0.6 is 11.3 Å². The maximum atomic E-state index is 13.0. The quantitative estimate of drug-likeness (QED) is 0.183. The molecule has 2 aromatic heterocycles. The Labute approximate surface area is 198 Å². The van der Waals surface area contributed by atoms with Crippen molar-refractivity contribution in [2.24, 2.45) is 16.6 Å². The summed E-state index contributed by atoms with van der Waals surface area (Å²) in [5.74, 6) is -0.140. The van der Waals surface area contributed by atoms with E-state index in [1.54, 1.807) is 12.1 Å². The summed E-state index contributed by atoms with van der Waals surface area (Å²) in [5.41, 5.74) is 12.5. The zero-order valence-corrected chi connectivity index (χ0v) is 20.0. The molecule has 2 heterocycles. The second-order valence-electron chi connectivity index (χ2n) is 7.13. The van der Waals surface area contributed by atoms with Crippen LogP contribution in [0.2, 0.25) is 0 Å². The molecular weight excluding hydrogens is 502 g/mol. The Morgan fingerprint density at radius 1 is 1.09 bits per heavy atom. The molecule has 180 valence electrons. The van der Waals surface area contributed by atoms with Crippen molar-refractivity contribution in [3.8, 4) is 22.5 Å². The van der Waals surface area contributed by atoms with Crippen LogP contribution in [-0.4, -0.2) is 55.5 Å². The maximum Gasteiger partial charge on any atom is 0.241 e. The average Bonchev–Trinajstić information content (AvgIpc) is 3.46. The van der Waals surface area contributed by atoms with Gasteiger partial charge < -0.3 is 11.5 Å². The SMILES string of the molecule is NCCCNS(=O)(=O)c1ccc(-c2ccc3sc(CN)nc3c2)c(-c2nn[nH]n2)c1S(N)(=O)=O. The van der Waals surface area contributed by atoms with E-state index in [4.69, 9.17) is 16.6 Å². The van der Waals surface area contributed by atoms with E-state index in [-0.39, 0.29) is 31.0 Å². The van der Waals surface area contributed by atoms with Crippen LogP contribution < -0.4 is 21.3 Å². The molecule has 0 aliphatic carbocycles. The normalized spacial score (nSPS) is 12.4. The predicted octanol–water partition coefficient (Wildman–Crippen LogP) is -0.123. The zero-order chi connectivity index (χ0) is 24.5. The van der Waals surface area contributed by atoms with Crippen LogP contribution in [0, 0.1) is 0 Å². The minimum atomic E-state index is -4.57. The van der Waals surface area contributed by atoms with Crippen LogP contribution in [0.25, 0.3) is 32.7 Å². The van der Waals surface area contributed by atoms with Gasteiger partial charge in [-0.1, -0.05) is 12.1 Å². The number of nitrogens with two attached hydrogens (primary N) is 3. The lowest BCUT2D eigenvalue weighted by Gasteiger charge is -2.16. The molecular formula is C18H21N9O4S3. The fraction of sp³-hybridized carbons (Fsp3) is 0.222. The van der Waals surface area contributed by atoms with Gasteiger partial charge in [0.1, 0.15) is 14.8 Å². The van der Waals surface area contributed by atoms with Gasteiger partial charge in [0.15, 0.2) is 0 Å².